The van der Waals surface area contributed by atoms with Crippen LogP contribution in [0.5, 0.6) is 0 Å². The Bertz CT molecular complexity index is 516. The third kappa shape index (κ3) is 4.78. The fourth-order valence-corrected chi connectivity index (χ4v) is 5.13. The van der Waals surface area contributed by atoms with Gasteiger partial charge in [0.15, 0.2) is 0 Å². The van der Waals surface area contributed by atoms with Gasteiger partial charge in [-0.15, -0.1) is 10.2 Å². The van der Waals surface area contributed by atoms with Gasteiger partial charge in [0.05, 0.1) is 0 Å². The van der Waals surface area contributed by atoms with E-state index in [1.807, 2.05) is 0 Å². The quantitative estimate of drug-likeness (QED) is 0.735. The van der Waals surface area contributed by atoms with Crippen molar-refractivity contribution in [2.24, 2.45) is 11.8 Å². The first-order valence-electron chi connectivity index (χ1n) is 9.90. The smallest absolute Gasteiger partial charge is 0.229 e. The van der Waals surface area contributed by atoms with E-state index >= 15 is 0 Å². The number of rotatable bonds is 6. The summed E-state index contributed by atoms with van der Waals surface area (Å²) in [4.78, 5) is 12.5. The van der Waals surface area contributed by atoms with Crippen molar-refractivity contribution in [2.75, 3.05) is 5.32 Å². The van der Waals surface area contributed by atoms with Crippen LogP contribution in [-0.2, 0) is 4.79 Å². The van der Waals surface area contributed by atoms with E-state index in [1.165, 1.54) is 64.2 Å². The van der Waals surface area contributed by atoms with Crippen LogP contribution in [0.25, 0.3) is 0 Å². The number of aromatic nitrogens is 2. The normalized spacial score (nSPS) is 25.5. The molecule has 0 saturated heterocycles. The fraction of sp³-hybridized carbons (Fsp3) is 0.842. The summed E-state index contributed by atoms with van der Waals surface area (Å²) in [6.07, 6.45) is 14.8. The van der Waals surface area contributed by atoms with Gasteiger partial charge >= 0.3 is 0 Å². The van der Waals surface area contributed by atoms with E-state index in [0.717, 1.165) is 23.8 Å². The molecule has 2 saturated carbocycles. The molecule has 2 fully saturated rings. The van der Waals surface area contributed by atoms with Gasteiger partial charge < -0.3 is 5.32 Å². The Morgan fingerprint density at radius 3 is 2.54 bits per heavy atom. The lowest BCUT2D eigenvalue weighted by molar-refractivity contribution is -0.121. The van der Waals surface area contributed by atoms with Crippen LogP contribution in [0.3, 0.4) is 0 Å². The number of carbonyl (C=O) groups is 1. The first kappa shape index (κ1) is 17.8. The van der Waals surface area contributed by atoms with Crippen LogP contribution in [0.2, 0.25) is 0 Å². The molecule has 1 aromatic rings. The number of amides is 1. The highest BCUT2D eigenvalue weighted by atomic mass is 32.1. The first-order chi connectivity index (χ1) is 11.8. The van der Waals surface area contributed by atoms with E-state index in [2.05, 4.69) is 22.4 Å². The van der Waals surface area contributed by atoms with Gasteiger partial charge in [-0.2, -0.15) is 0 Å². The van der Waals surface area contributed by atoms with Crippen molar-refractivity contribution < 1.29 is 4.79 Å². The molecule has 0 atom stereocenters. The molecule has 4 nitrogen and oxygen atoms in total. The second-order valence-electron chi connectivity index (χ2n) is 7.63. The number of carbonyl (C=O) groups excluding carboxylic acids is 1. The van der Waals surface area contributed by atoms with Crippen molar-refractivity contribution in [3.63, 3.8) is 0 Å². The van der Waals surface area contributed by atoms with E-state index in [9.17, 15) is 4.79 Å². The summed E-state index contributed by atoms with van der Waals surface area (Å²) in [5, 5.41) is 13.4. The van der Waals surface area contributed by atoms with Gasteiger partial charge in [-0.25, -0.2) is 0 Å². The summed E-state index contributed by atoms with van der Waals surface area (Å²) in [6.45, 7) is 2.25. The molecule has 1 N–H and O–H groups in total. The van der Waals surface area contributed by atoms with Crippen LogP contribution >= 0.6 is 11.3 Å². The van der Waals surface area contributed by atoms with Crippen LogP contribution in [-0.4, -0.2) is 16.1 Å². The molecule has 1 amide bonds. The second-order valence-corrected chi connectivity index (χ2v) is 8.64. The Kier molecular flexibility index (Phi) is 6.64. The summed E-state index contributed by atoms with van der Waals surface area (Å²) in [6, 6.07) is 0. The lowest BCUT2D eigenvalue weighted by Gasteiger charge is -2.27. The minimum Gasteiger partial charge on any atom is -0.300 e. The van der Waals surface area contributed by atoms with Gasteiger partial charge in [-0.05, 0) is 44.4 Å². The highest BCUT2D eigenvalue weighted by Gasteiger charge is 2.27. The monoisotopic (exact) mass is 349 g/mol. The molecule has 2 aliphatic carbocycles. The highest BCUT2D eigenvalue weighted by molar-refractivity contribution is 7.15. The molecule has 0 aliphatic heterocycles. The SMILES string of the molecule is CCCCC1CCC(C(=O)Nc2nnc(C3CCCCC3)s2)CC1. The first-order valence-corrected chi connectivity index (χ1v) is 10.7. The summed E-state index contributed by atoms with van der Waals surface area (Å²) in [7, 11) is 0. The molecule has 134 valence electrons. The summed E-state index contributed by atoms with van der Waals surface area (Å²) >= 11 is 1.59. The van der Waals surface area contributed by atoms with Crippen molar-refractivity contribution >= 4 is 22.4 Å². The molecule has 0 radical (unpaired) electrons. The minimum atomic E-state index is 0.162. The van der Waals surface area contributed by atoms with Crippen LogP contribution in [0, 0.1) is 11.8 Å². The van der Waals surface area contributed by atoms with Gasteiger partial charge in [0.1, 0.15) is 5.01 Å². The molecule has 1 aromatic heterocycles. The van der Waals surface area contributed by atoms with Crippen molar-refractivity contribution in [3.8, 4) is 0 Å². The van der Waals surface area contributed by atoms with Crippen LogP contribution in [0.15, 0.2) is 0 Å². The van der Waals surface area contributed by atoms with E-state index in [-0.39, 0.29) is 11.8 Å². The van der Waals surface area contributed by atoms with Crippen molar-refractivity contribution in [1.29, 1.82) is 0 Å². The highest BCUT2D eigenvalue weighted by Crippen LogP contribution is 2.36. The van der Waals surface area contributed by atoms with Crippen LogP contribution in [0.4, 0.5) is 5.13 Å². The van der Waals surface area contributed by atoms with Gasteiger partial charge in [-0.1, -0.05) is 56.8 Å². The molecule has 0 unspecified atom stereocenters. The molecular formula is C19H31N3OS. The predicted molar refractivity (Wildman–Crippen MR) is 99.3 cm³/mol. The summed E-state index contributed by atoms with van der Waals surface area (Å²) in [5.74, 6) is 1.74. The lowest BCUT2D eigenvalue weighted by Crippen LogP contribution is -2.27. The van der Waals surface area contributed by atoms with Crippen molar-refractivity contribution in [3.05, 3.63) is 5.01 Å². The van der Waals surface area contributed by atoms with E-state index in [1.54, 1.807) is 11.3 Å². The van der Waals surface area contributed by atoms with Crippen molar-refractivity contribution in [1.82, 2.24) is 10.2 Å². The number of nitrogens with one attached hydrogen (secondary N) is 1. The van der Waals surface area contributed by atoms with E-state index in [0.29, 0.717) is 11.0 Å². The Morgan fingerprint density at radius 1 is 1.08 bits per heavy atom. The fourth-order valence-electron chi connectivity index (χ4n) is 4.21. The molecule has 2 aliphatic rings. The molecule has 24 heavy (non-hydrogen) atoms. The lowest BCUT2D eigenvalue weighted by atomic mass is 9.79. The van der Waals surface area contributed by atoms with Gasteiger partial charge in [0, 0.05) is 11.8 Å². The van der Waals surface area contributed by atoms with E-state index < -0.39 is 0 Å². The third-order valence-corrected chi connectivity index (χ3v) is 6.81. The number of nitrogens with zero attached hydrogens (tertiary/aromatic N) is 2. The maximum atomic E-state index is 12.5. The third-order valence-electron chi connectivity index (χ3n) is 5.81. The zero-order valence-electron chi connectivity index (χ0n) is 14.9. The molecule has 0 aromatic carbocycles. The minimum absolute atomic E-state index is 0.162. The Labute approximate surface area is 149 Å². The standard InChI is InChI=1S/C19H31N3OS/c1-2-3-7-14-10-12-15(13-11-14)17(23)20-19-22-21-18(24-19)16-8-5-4-6-9-16/h14-16H,2-13H2,1H3,(H,20,22,23). The summed E-state index contributed by atoms with van der Waals surface area (Å²) in [5.41, 5.74) is 0. The summed E-state index contributed by atoms with van der Waals surface area (Å²) < 4.78 is 0. The molecule has 0 bridgehead atoms. The Morgan fingerprint density at radius 2 is 1.83 bits per heavy atom. The average molecular weight is 350 g/mol. The number of unbranched alkanes of at least 4 members (excludes halogenated alkanes) is 1. The molecule has 5 heteroatoms. The maximum absolute atomic E-state index is 12.5. The maximum Gasteiger partial charge on any atom is 0.229 e. The number of hydrogen-bond acceptors (Lipinski definition) is 4. The molecule has 0 spiro atoms. The van der Waals surface area contributed by atoms with E-state index in [4.69, 9.17) is 0 Å². The Hall–Kier alpha value is -0.970. The zero-order chi connectivity index (χ0) is 16.8. The topological polar surface area (TPSA) is 54.9 Å². The average Bonchev–Trinajstić information content (AvgIpc) is 3.09. The zero-order valence-corrected chi connectivity index (χ0v) is 15.7. The van der Waals surface area contributed by atoms with Gasteiger partial charge in [0.2, 0.25) is 11.0 Å². The molecule has 3 rings (SSSR count). The van der Waals surface area contributed by atoms with Gasteiger partial charge in [-0.3, -0.25) is 4.79 Å². The van der Waals surface area contributed by atoms with Crippen LogP contribution in [0.1, 0.15) is 94.9 Å². The molecule has 1 heterocycles. The largest absolute Gasteiger partial charge is 0.300 e. The Balaban J connectivity index is 1.46. The number of hydrogen-bond donors (Lipinski definition) is 1. The second kappa shape index (κ2) is 8.93. The molecular weight excluding hydrogens is 318 g/mol. The predicted octanol–water partition coefficient (Wildman–Crippen LogP) is 5.52. The van der Waals surface area contributed by atoms with Crippen LogP contribution < -0.4 is 5.32 Å². The van der Waals surface area contributed by atoms with Gasteiger partial charge in [0.25, 0.3) is 0 Å². The number of anilines is 1. The van der Waals surface area contributed by atoms with Crippen molar-refractivity contribution in [2.45, 2.75) is 89.9 Å².